The Bertz CT molecular complexity index is 425. The Labute approximate surface area is 217 Å². The summed E-state index contributed by atoms with van der Waals surface area (Å²) in [5.74, 6) is 0.674. The zero-order valence-corrected chi connectivity index (χ0v) is 23.1. The van der Waals surface area contributed by atoms with Gasteiger partial charge in [-0.05, 0) is 58.0 Å². The first-order chi connectivity index (χ1) is 14.3. The Balaban J connectivity index is 0. The maximum Gasteiger partial charge on any atom is 0.188 e. The Morgan fingerprint density at radius 3 is 1.88 bits per heavy atom. The van der Waals surface area contributed by atoms with Crippen LogP contribution in [0.2, 0.25) is 0 Å². The Morgan fingerprint density at radius 1 is 0.750 bits per heavy atom. The summed E-state index contributed by atoms with van der Waals surface area (Å²) in [4.78, 5) is 7.40. The van der Waals surface area contributed by atoms with E-state index in [0.29, 0.717) is 12.0 Å². The lowest BCUT2D eigenvalue weighted by Crippen LogP contribution is -2.41. The molecular weight excluding hydrogens is 463 g/mol. The molecule has 0 atom stereocenters. The lowest BCUT2D eigenvalue weighted by Gasteiger charge is -2.34. The van der Waals surface area contributed by atoms with E-state index in [0.717, 1.165) is 12.6 Å². The van der Waals surface area contributed by atoms with E-state index in [1.807, 2.05) is 0 Å². The van der Waals surface area contributed by atoms with Crippen LogP contribution in [0.5, 0.6) is 0 Å². The molecule has 0 radical (unpaired) electrons. The summed E-state index contributed by atoms with van der Waals surface area (Å²) in [6.45, 7) is 5.83. The van der Waals surface area contributed by atoms with Crippen LogP contribution in [-0.2, 0) is 0 Å². The molecule has 0 heterocycles. The van der Waals surface area contributed by atoms with Gasteiger partial charge in [0, 0.05) is 18.6 Å². The summed E-state index contributed by atoms with van der Waals surface area (Å²) >= 11 is 0. The van der Waals surface area contributed by atoms with E-state index in [9.17, 15) is 0 Å². The average molecular weight is 516 g/mol. The van der Waals surface area contributed by atoms with Crippen LogP contribution in [-0.4, -0.2) is 42.6 Å². The molecule has 3 N–H and O–H groups in total. The van der Waals surface area contributed by atoms with Crippen LogP contribution in [0.15, 0.2) is 4.99 Å². The highest BCUT2D eigenvalue weighted by Gasteiger charge is 2.20. The smallest absolute Gasteiger partial charge is 0.188 e. The summed E-state index contributed by atoms with van der Waals surface area (Å²) in [6, 6.07) is 1.44. The molecule has 2 rings (SSSR count). The standard InChI is InChI=1S/C25H50N4.3ClH/c1-2-3-4-14-21-29(24-18-11-8-12-19-24)22-15-6-5-13-20-27-25(26)28-23-16-9-7-10-17-23;;;/h23-24H,2-22H2,1H3,(H3,26,27,28);3*1H. The van der Waals surface area contributed by atoms with Crippen molar-refractivity contribution in [2.45, 2.75) is 135 Å². The molecule has 0 spiro atoms. The number of nitrogens with two attached hydrogens (primary N) is 1. The first-order valence-electron chi connectivity index (χ1n) is 13.1. The van der Waals surface area contributed by atoms with Gasteiger partial charge < -0.3 is 16.0 Å². The van der Waals surface area contributed by atoms with Crippen LogP contribution in [0.3, 0.4) is 0 Å². The van der Waals surface area contributed by atoms with Crippen LogP contribution in [0.1, 0.15) is 122 Å². The number of nitrogens with one attached hydrogen (secondary N) is 1. The summed E-state index contributed by atoms with van der Waals surface area (Å²) in [5.41, 5.74) is 6.07. The molecule has 2 aliphatic rings. The fraction of sp³-hybridized carbons (Fsp3) is 0.960. The maximum atomic E-state index is 6.07. The van der Waals surface area contributed by atoms with Gasteiger partial charge in [-0.2, -0.15) is 0 Å². The highest BCUT2D eigenvalue weighted by atomic mass is 35.5. The molecule has 7 heteroatoms. The zero-order chi connectivity index (χ0) is 20.6. The molecule has 0 saturated heterocycles. The van der Waals surface area contributed by atoms with E-state index >= 15 is 0 Å². The van der Waals surface area contributed by atoms with Gasteiger partial charge in [-0.15, -0.1) is 37.2 Å². The molecule has 0 aromatic rings. The van der Waals surface area contributed by atoms with Crippen molar-refractivity contribution < 1.29 is 0 Å². The Hall–Kier alpha value is 0.1000. The average Bonchev–Trinajstić information content (AvgIpc) is 2.76. The van der Waals surface area contributed by atoms with Crippen molar-refractivity contribution in [2.24, 2.45) is 10.7 Å². The van der Waals surface area contributed by atoms with Gasteiger partial charge in [-0.1, -0.05) is 77.6 Å². The minimum atomic E-state index is 0. The quantitative estimate of drug-likeness (QED) is 0.145. The van der Waals surface area contributed by atoms with Crippen LogP contribution >= 0.6 is 37.2 Å². The second kappa shape index (κ2) is 22.9. The number of aliphatic imine (C=N–C) groups is 1. The van der Waals surface area contributed by atoms with Gasteiger partial charge in [0.05, 0.1) is 0 Å². The molecule has 0 bridgehead atoms. The predicted molar refractivity (Wildman–Crippen MR) is 149 cm³/mol. The second-order valence-electron chi connectivity index (χ2n) is 9.55. The molecule has 194 valence electrons. The van der Waals surface area contributed by atoms with Gasteiger partial charge in [-0.3, -0.25) is 4.99 Å². The van der Waals surface area contributed by atoms with Crippen molar-refractivity contribution >= 4 is 43.2 Å². The number of rotatable bonds is 14. The third-order valence-electron chi connectivity index (χ3n) is 6.98. The second-order valence-corrected chi connectivity index (χ2v) is 9.55. The monoisotopic (exact) mass is 514 g/mol. The van der Waals surface area contributed by atoms with Crippen molar-refractivity contribution in [2.75, 3.05) is 19.6 Å². The molecule has 0 aromatic heterocycles. The van der Waals surface area contributed by atoms with Gasteiger partial charge in [0.15, 0.2) is 5.96 Å². The van der Waals surface area contributed by atoms with E-state index in [1.54, 1.807) is 0 Å². The van der Waals surface area contributed by atoms with E-state index < -0.39 is 0 Å². The fourth-order valence-corrected chi connectivity index (χ4v) is 5.15. The van der Waals surface area contributed by atoms with Gasteiger partial charge in [0.25, 0.3) is 0 Å². The van der Waals surface area contributed by atoms with Gasteiger partial charge in [0.1, 0.15) is 0 Å². The minimum absolute atomic E-state index is 0. The van der Waals surface area contributed by atoms with Crippen LogP contribution in [0, 0.1) is 0 Å². The molecule has 2 aliphatic carbocycles. The normalized spacial score (nSPS) is 17.9. The van der Waals surface area contributed by atoms with Crippen LogP contribution in [0.25, 0.3) is 0 Å². The van der Waals surface area contributed by atoms with E-state index in [-0.39, 0.29) is 37.2 Å². The predicted octanol–water partition coefficient (Wildman–Crippen LogP) is 7.26. The molecule has 32 heavy (non-hydrogen) atoms. The lowest BCUT2D eigenvalue weighted by molar-refractivity contribution is 0.150. The number of unbranched alkanes of at least 4 members (excludes halogenated alkanes) is 6. The van der Waals surface area contributed by atoms with Gasteiger partial charge in [-0.25, -0.2) is 0 Å². The van der Waals surface area contributed by atoms with Gasteiger partial charge >= 0.3 is 0 Å². The Morgan fingerprint density at radius 2 is 1.28 bits per heavy atom. The number of guanidine groups is 1. The van der Waals surface area contributed by atoms with E-state index in [4.69, 9.17) is 5.73 Å². The molecule has 4 nitrogen and oxygen atoms in total. The summed E-state index contributed by atoms with van der Waals surface area (Å²) < 4.78 is 0. The third kappa shape index (κ3) is 15.9. The first-order valence-corrected chi connectivity index (χ1v) is 13.1. The van der Waals surface area contributed by atoms with Gasteiger partial charge in [0.2, 0.25) is 0 Å². The van der Waals surface area contributed by atoms with Crippen molar-refractivity contribution in [3.63, 3.8) is 0 Å². The SMILES string of the molecule is CCCCCCN(CCCCCCN=C(N)NC1CCCCC1)C1CCCCC1.Cl.Cl.Cl. The van der Waals surface area contributed by atoms with Crippen molar-refractivity contribution in [1.82, 2.24) is 10.2 Å². The minimum Gasteiger partial charge on any atom is -0.370 e. The van der Waals surface area contributed by atoms with Crippen molar-refractivity contribution in [3.8, 4) is 0 Å². The third-order valence-corrected chi connectivity index (χ3v) is 6.98. The van der Waals surface area contributed by atoms with E-state index in [1.165, 1.54) is 129 Å². The molecule has 2 fully saturated rings. The summed E-state index contributed by atoms with van der Waals surface area (Å²) in [7, 11) is 0. The summed E-state index contributed by atoms with van der Waals surface area (Å²) in [6.07, 6.45) is 24.5. The number of hydrogen-bond acceptors (Lipinski definition) is 2. The molecule has 0 unspecified atom stereocenters. The molecule has 0 aliphatic heterocycles. The van der Waals surface area contributed by atoms with Crippen LogP contribution in [0.4, 0.5) is 0 Å². The Kier molecular flexibility index (Phi) is 24.5. The highest BCUT2D eigenvalue weighted by Crippen LogP contribution is 2.23. The molecular formula is C25H53Cl3N4. The van der Waals surface area contributed by atoms with Crippen LogP contribution < -0.4 is 11.1 Å². The highest BCUT2D eigenvalue weighted by molar-refractivity contribution is 5.86. The lowest BCUT2D eigenvalue weighted by atomic mass is 9.93. The topological polar surface area (TPSA) is 53.6 Å². The molecule has 2 saturated carbocycles. The fourth-order valence-electron chi connectivity index (χ4n) is 5.15. The maximum absolute atomic E-state index is 6.07. The summed E-state index contributed by atoms with van der Waals surface area (Å²) in [5, 5.41) is 3.42. The number of halogens is 3. The first kappa shape index (κ1) is 34.3. The number of hydrogen-bond donors (Lipinski definition) is 2. The number of nitrogens with zero attached hydrogens (tertiary/aromatic N) is 2. The van der Waals surface area contributed by atoms with Crippen molar-refractivity contribution in [3.05, 3.63) is 0 Å². The van der Waals surface area contributed by atoms with Crippen molar-refractivity contribution in [1.29, 1.82) is 0 Å². The zero-order valence-electron chi connectivity index (χ0n) is 20.7. The molecule has 0 amide bonds. The molecule has 0 aromatic carbocycles. The largest absolute Gasteiger partial charge is 0.370 e. The van der Waals surface area contributed by atoms with E-state index in [2.05, 4.69) is 22.1 Å².